The molecule has 2 heterocycles. The quantitative estimate of drug-likeness (QED) is 0.190. The van der Waals surface area contributed by atoms with Crippen LogP contribution >= 0.6 is 0 Å². The van der Waals surface area contributed by atoms with Gasteiger partial charge in [0.15, 0.2) is 5.78 Å². The van der Waals surface area contributed by atoms with E-state index >= 15 is 0 Å². The lowest BCUT2D eigenvalue weighted by Crippen LogP contribution is -2.35. The minimum atomic E-state index is -4.80. The van der Waals surface area contributed by atoms with E-state index in [-0.39, 0.29) is 29.3 Å². The van der Waals surface area contributed by atoms with Gasteiger partial charge in [-0.15, -0.1) is 0 Å². The highest BCUT2D eigenvalue weighted by Gasteiger charge is 2.37. The van der Waals surface area contributed by atoms with Crippen LogP contribution in [0, 0.1) is 12.7 Å². The van der Waals surface area contributed by atoms with Gasteiger partial charge in [-0.25, -0.2) is 9.37 Å². The van der Waals surface area contributed by atoms with E-state index in [1.807, 2.05) is 19.1 Å². The molecule has 2 aromatic carbocycles. The van der Waals surface area contributed by atoms with Gasteiger partial charge in [0.05, 0.1) is 11.7 Å². The number of imidazole rings is 1. The Hall–Kier alpha value is -4.38. The molecule has 0 radical (unpaired) electrons. The van der Waals surface area contributed by atoms with E-state index in [4.69, 9.17) is 0 Å². The maximum absolute atomic E-state index is 13.4. The van der Waals surface area contributed by atoms with Gasteiger partial charge in [-0.05, 0) is 80.4 Å². The molecular formula is C28H25F4N5O2. The number of nitrogens with zero attached hydrogens (tertiary/aromatic N) is 2. The average molecular weight is 540 g/mol. The van der Waals surface area contributed by atoms with E-state index in [1.165, 1.54) is 31.6 Å². The molecule has 0 aliphatic rings. The molecule has 1 amide bonds. The Morgan fingerprint density at radius 1 is 1.03 bits per heavy atom. The molecule has 0 saturated heterocycles. The molecule has 1 unspecified atom stereocenters. The zero-order chi connectivity index (χ0) is 28.2. The van der Waals surface area contributed by atoms with Crippen LogP contribution in [0.25, 0.3) is 11.3 Å². The van der Waals surface area contributed by atoms with Crippen LogP contribution in [0.15, 0.2) is 67.0 Å². The van der Waals surface area contributed by atoms with Crippen LogP contribution < -0.4 is 10.6 Å². The Morgan fingerprint density at radius 3 is 2.36 bits per heavy atom. The first-order valence-electron chi connectivity index (χ1n) is 12.0. The predicted molar refractivity (Wildman–Crippen MR) is 138 cm³/mol. The van der Waals surface area contributed by atoms with Crippen LogP contribution in [0.4, 0.5) is 23.2 Å². The van der Waals surface area contributed by atoms with Crippen molar-refractivity contribution < 1.29 is 27.2 Å². The Labute approximate surface area is 221 Å². The summed E-state index contributed by atoms with van der Waals surface area (Å²) in [5.41, 5.74) is 2.38. The van der Waals surface area contributed by atoms with Crippen molar-refractivity contribution in [2.45, 2.75) is 32.0 Å². The molecule has 0 spiro atoms. The van der Waals surface area contributed by atoms with Crippen molar-refractivity contribution in [3.05, 3.63) is 101 Å². The third kappa shape index (κ3) is 6.55. The summed E-state index contributed by atoms with van der Waals surface area (Å²) in [5, 5.41) is 5.73. The number of Topliss-reactive ketones (excluding diaryl/α,β-unsaturated/α-hetero) is 1. The molecule has 202 valence electrons. The molecule has 0 fully saturated rings. The third-order valence-electron chi connectivity index (χ3n) is 6.22. The average Bonchev–Trinajstić information content (AvgIpc) is 3.38. The number of carbonyl (C=O) groups excluding carboxylic acids is 2. The normalized spacial score (nSPS) is 12.3. The second kappa shape index (κ2) is 11.6. The van der Waals surface area contributed by atoms with E-state index in [0.717, 1.165) is 23.3 Å². The van der Waals surface area contributed by atoms with Crippen molar-refractivity contribution >= 4 is 17.4 Å². The van der Waals surface area contributed by atoms with Gasteiger partial charge in [0.1, 0.15) is 11.5 Å². The molecular weight excluding hydrogens is 514 g/mol. The number of rotatable bonds is 9. The number of H-pyrrole nitrogens is 1. The number of benzene rings is 2. The van der Waals surface area contributed by atoms with Crippen molar-refractivity contribution in [3.8, 4) is 11.3 Å². The highest BCUT2D eigenvalue weighted by atomic mass is 19.4. The van der Waals surface area contributed by atoms with Crippen molar-refractivity contribution in [2.24, 2.45) is 0 Å². The molecule has 0 saturated carbocycles. The molecule has 11 heteroatoms. The molecule has 2 aromatic heterocycles. The van der Waals surface area contributed by atoms with Gasteiger partial charge in [0.25, 0.3) is 5.91 Å². The van der Waals surface area contributed by atoms with Gasteiger partial charge >= 0.3 is 6.18 Å². The summed E-state index contributed by atoms with van der Waals surface area (Å²) in [6.45, 7) is 1.85. The van der Waals surface area contributed by atoms with Gasteiger partial charge in [0.2, 0.25) is 5.82 Å². The number of aromatic amines is 1. The number of amides is 1. The molecule has 39 heavy (non-hydrogen) atoms. The van der Waals surface area contributed by atoms with Crippen LogP contribution in [-0.4, -0.2) is 39.7 Å². The summed E-state index contributed by atoms with van der Waals surface area (Å²) in [6, 6.07) is 12.6. The van der Waals surface area contributed by atoms with Crippen LogP contribution in [0.2, 0.25) is 0 Å². The molecule has 0 bridgehead atoms. The second-order valence-corrected chi connectivity index (χ2v) is 8.90. The first-order chi connectivity index (χ1) is 18.6. The van der Waals surface area contributed by atoms with Gasteiger partial charge in [0, 0.05) is 29.2 Å². The summed E-state index contributed by atoms with van der Waals surface area (Å²) >= 11 is 0. The van der Waals surface area contributed by atoms with Crippen molar-refractivity contribution in [1.29, 1.82) is 0 Å². The van der Waals surface area contributed by atoms with Gasteiger partial charge in [-0.2, -0.15) is 13.2 Å². The summed E-state index contributed by atoms with van der Waals surface area (Å²) in [7, 11) is 1.53. The monoisotopic (exact) mass is 539 g/mol. The molecule has 7 nitrogen and oxygen atoms in total. The molecule has 0 aliphatic carbocycles. The van der Waals surface area contributed by atoms with Crippen LogP contribution in [0.3, 0.4) is 0 Å². The fraction of sp³-hybridized carbons (Fsp3) is 0.214. The highest BCUT2D eigenvalue weighted by molar-refractivity contribution is 6.04. The minimum absolute atomic E-state index is 0.135. The lowest BCUT2D eigenvalue weighted by molar-refractivity contribution is -0.144. The Balaban J connectivity index is 1.54. The van der Waals surface area contributed by atoms with E-state index < -0.39 is 29.6 Å². The smallest absolute Gasteiger partial charge is 0.334 e. The van der Waals surface area contributed by atoms with Gasteiger partial charge in [-0.3, -0.25) is 14.6 Å². The van der Waals surface area contributed by atoms with Gasteiger partial charge < -0.3 is 15.6 Å². The third-order valence-corrected chi connectivity index (χ3v) is 6.22. The van der Waals surface area contributed by atoms with E-state index in [9.17, 15) is 27.2 Å². The lowest BCUT2D eigenvalue weighted by atomic mass is 9.97. The maximum atomic E-state index is 13.4. The summed E-state index contributed by atoms with van der Waals surface area (Å²) < 4.78 is 53.7. The number of halogens is 4. The number of hydrogen-bond acceptors (Lipinski definition) is 5. The van der Waals surface area contributed by atoms with E-state index in [1.54, 1.807) is 18.2 Å². The SMILES string of the molecule is CNC(CCc1ccc(C)c(NC(=O)c2ccncc2)c1)C(=O)c1nc(C(F)(F)F)[nH]c1-c1ccc(F)cc1. The Bertz CT molecular complexity index is 1470. The van der Waals surface area contributed by atoms with Crippen LogP contribution in [0.1, 0.15) is 44.2 Å². The van der Waals surface area contributed by atoms with Crippen molar-refractivity contribution in [1.82, 2.24) is 20.3 Å². The summed E-state index contributed by atoms with van der Waals surface area (Å²) in [6.07, 6.45) is -1.13. The molecule has 0 aliphatic heterocycles. The molecule has 3 N–H and O–H groups in total. The van der Waals surface area contributed by atoms with Crippen molar-refractivity contribution in [3.63, 3.8) is 0 Å². The number of ketones is 1. The predicted octanol–water partition coefficient (Wildman–Crippen LogP) is 5.59. The first kappa shape index (κ1) is 27.6. The Morgan fingerprint density at radius 2 is 1.72 bits per heavy atom. The van der Waals surface area contributed by atoms with E-state index in [0.29, 0.717) is 17.7 Å². The second-order valence-electron chi connectivity index (χ2n) is 8.90. The number of likely N-dealkylation sites (N-methyl/N-ethyl adjacent to an activating group) is 1. The number of anilines is 1. The number of aromatic nitrogens is 3. The maximum Gasteiger partial charge on any atom is 0.449 e. The lowest BCUT2D eigenvalue weighted by Gasteiger charge is -2.16. The van der Waals surface area contributed by atoms with E-state index in [2.05, 4.69) is 25.6 Å². The number of nitrogens with one attached hydrogen (secondary N) is 3. The number of aryl methyl sites for hydroxylation is 2. The zero-order valence-electron chi connectivity index (χ0n) is 21.1. The summed E-state index contributed by atoms with van der Waals surface area (Å²) in [5.74, 6) is -2.81. The number of hydrogen-bond donors (Lipinski definition) is 3. The van der Waals surface area contributed by atoms with Crippen LogP contribution in [0.5, 0.6) is 0 Å². The number of pyridine rings is 1. The minimum Gasteiger partial charge on any atom is -0.334 e. The first-order valence-corrected chi connectivity index (χ1v) is 12.0. The summed E-state index contributed by atoms with van der Waals surface area (Å²) in [4.78, 5) is 35.6. The number of carbonyl (C=O) groups is 2. The van der Waals surface area contributed by atoms with Gasteiger partial charge in [-0.1, -0.05) is 12.1 Å². The van der Waals surface area contributed by atoms with Crippen molar-refractivity contribution in [2.75, 3.05) is 12.4 Å². The zero-order valence-corrected chi connectivity index (χ0v) is 21.1. The van der Waals surface area contributed by atoms with Crippen LogP contribution in [-0.2, 0) is 12.6 Å². The highest BCUT2D eigenvalue weighted by Crippen LogP contribution is 2.32. The molecule has 4 aromatic rings. The molecule has 4 rings (SSSR count). The standard InChI is InChI=1S/C28H25F4N5O2/c1-16-3-4-17(15-22(16)35-26(39)19-11-13-34-14-12-19)5-10-21(33-2)25(38)24-23(18-6-8-20(29)9-7-18)36-27(37-24)28(30,31)32/h3-4,6-9,11-15,21,33H,5,10H2,1-2H3,(H,35,39)(H,36,37). The topological polar surface area (TPSA) is 99.8 Å². The number of alkyl halides is 3. The molecule has 1 atom stereocenters. The fourth-order valence-electron chi connectivity index (χ4n) is 4.05. The Kier molecular flexibility index (Phi) is 8.20. The fourth-order valence-corrected chi connectivity index (χ4v) is 4.05. The largest absolute Gasteiger partial charge is 0.449 e.